The molecule has 1 heterocycles. The lowest BCUT2D eigenvalue weighted by Crippen LogP contribution is -2.31. The summed E-state index contributed by atoms with van der Waals surface area (Å²) in [7, 11) is 0. The van der Waals surface area contributed by atoms with Crippen molar-refractivity contribution in [3.63, 3.8) is 0 Å². The van der Waals surface area contributed by atoms with Crippen LogP contribution in [-0.4, -0.2) is 12.7 Å². The van der Waals surface area contributed by atoms with E-state index in [0.717, 1.165) is 0 Å². The topological polar surface area (TPSA) is 62.8 Å². The van der Waals surface area contributed by atoms with Crippen molar-refractivity contribution >= 4 is 0 Å². The van der Waals surface area contributed by atoms with Crippen LogP contribution in [0.1, 0.15) is 0 Å². The highest BCUT2D eigenvalue weighted by atomic mass is 15.5. The van der Waals surface area contributed by atoms with E-state index >= 15 is 0 Å². The van der Waals surface area contributed by atoms with Gasteiger partial charge in [-0.2, -0.15) is 5.11 Å². The second-order valence-corrected chi connectivity index (χ2v) is 1.16. The molecule has 1 aliphatic rings. The Labute approximate surface area is 35.4 Å². The summed E-state index contributed by atoms with van der Waals surface area (Å²) in [5, 5.41) is 6.97. The minimum Gasteiger partial charge on any atom is -0.309 e. The summed E-state index contributed by atoms with van der Waals surface area (Å²) < 4.78 is 0. The zero-order chi connectivity index (χ0) is 4.41. The number of hydrogen-bond donors (Lipinski definition) is 2. The first-order chi connectivity index (χ1) is 2.89. The smallest absolute Gasteiger partial charge is 0.114 e. The third-order valence-electron chi connectivity index (χ3n) is 0.573. The fourth-order valence-electron chi connectivity index (χ4n) is 0.285. The van der Waals surface area contributed by atoms with E-state index in [-0.39, 0.29) is 6.17 Å². The molecule has 0 fully saturated rings. The van der Waals surface area contributed by atoms with Crippen LogP contribution in [0, 0.1) is 0 Å². The highest BCUT2D eigenvalue weighted by molar-refractivity contribution is 4.59. The first kappa shape index (κ1) is 3.55. The van der Waals surface area contributed by atoms with Gasteiger partial charge in [-0.15, -0.1) is 0 Å². The monoisotopic (exact) mass is 86.1 g/mol. The van der Waals surface area contributed by atoms with Gasteiger partial charge < -0.3 is 5.73 Å². The second-order valence-electron chi connectivity index (χ2n) is 1.16. The first-order valence-electron chi connectivity index (χ1n) is 1.77. The van der Waals surface area contributed by atoms with Crippen molar-refractivity contribution in [1.29, 1.82) is 0 Å². The van der Waals surface area contributed by atoms with Crippen LogP contribution in [0.5, 0.6) is 0 Å². The summed E-state index contributed by atoms with van der Waals surface area (Å²) in [6.07, 6.45) is -0.0370. The fraction of sp³-hybridized carbons (Fsp3) is 1.00. The van der Waals surface area contributed by atoms with Gasteiger partial charge in [0.25, 0.3) is 0 Å². The molecule has 1 unspecified atom stereocenters. The third kappa shape index (κ3) is 0.463. The van der Waals surface area contributed by atoms with Gasteiger partial charge in [-0.1, -0.05) is 5.22 Å². The van der Waals surface area contributed by atoms with Gasteiger partial charge in [-0.05, 0) is 0 Å². The van der Waals surface area contributed by atoms with Crippen LogP contribution in [0.3, 0.4) is 0 Å². The Balaban J connectivity index is 2.32. The number of rotatable bonds is 0. The van der Waals surface area contributed by atoms with Gasteiger partial charge in [0.15, 0.2) is 0 Å². The third-order valence-corrected chi connectivity index (χ3v) is 0.573. The van der Waals surface area contributed by atoms with Gasteiger partial charge in [0.1, 0.15) is 6.17 Å². The molecular weight excluding hydrogens is 80.0 g/mol. The van der Waals surface area contributed by atoms with Gasteiger partial charge in [0.05, 0.1) is 6.54 Å². The normalized spacial score (nSPS) is 30.5. The summed E-state index contributed by atoms with van der Waals surface area (Å²) in [5.41, 5.74) is 7.79. The van der Waals surface area contributed by atoms with Crippen molar-refractivity contribution in [2.75, 3.05) is 6.54 Å². The Bertz CT molecular complexity index is 59.9. The van der Waals surface area contributed by atoms with E-state index in [1.807, 2.05) is 0 Å². The number of nitrogens with zero attached hydrogens (tertiary/aromatic N) is 2. The lowest BCUT2D eigenvalue weighted by atomic mass is 10.6. The van der Waals surface area contributed by atoms with Crippen LogP contribution in [0.2, 0.25) is 0 Å². The predicted molar refractivity (Wildman–Crippen MR) is 20.8 cm³/mol. The molecule has 1 rings (SSSR count). The summed E-state index contributed by atoms with van der Waals surface area (Å²) in [6.45, 7) is 0.611. The van der Waals surface area contributed by atoms with Gasteiger partial charge in [0, 0.05) is 0 Å². The molecule has 0 aromatic heterocycles. The average Bonchev–Trinajstić information content (AvgIpc) is 1.86. The van der Waals surface area contributed by atoms with Gasteiger partial charge in [-0.25, -0.2) is 0 Å². The molecule has 0 aliphatic carbocycles. The van der Waals surface area contributed by atoms with Crippen molar-refractivity contribution in [3.05, 3.63) is 0 Å². The highest BCUT2D eigenvalue weighted by Crippen LogP contribution is 1.83. The molecule has 3 N–H and O–H groups in total. The molecule has 0 radical (unpaired) electrons. The van der Waals surface area contributed by atoms with Gasteiger partial charge in [0.2, 0.25) is 0 Å². The molecule has 4 nitrogen and oxygen atoms in total. The molecule has 6 heavy (non-hydrogen) atoms. The minimum absolute atomic E-state index is 0.0370. The Hall–Kier alpha value is -0.640. The van der Waals surface area contributed by atoms with E-state index < -0.39 is 0 Å². The maximum atomic E-state index is 5.24. The summed E-state index contributed by atoms with van der Waals surface area (Å²) >= 11 is 0. The van der Waals surface area contributed by atoms with Crippen LogP contribution in [-0.2, 0) is 0 Å². The molecule has 0 aromatic rings. The van der Waals surface area contributed by atoms with Crippen molar-refractivity contribution < 1.29 is 0 Å². The maximum absolute atomic E-state index is 5.24. The number of hydrogen-bond acceptors (Lipinski definition) is 4. The number of nitrogens with two attached hydrogens (primary N) is 1. The van der Waals surface area contributed by atoms with E-state index in [9.17, 15) is 0 Å². The Kier molecular flexibility index (Phi) is 0.719. The summed E-state index contributed by atoms with van der Waals surface area (Å²) in [6, 6.07) is 0. The van der Waals surface area contributed by atoms with E-state index in [1.54, 1.807) is 0 Å². The predicted octanol–water partition coefficient (Wildman–Crippen LogP) is -0.758. The maximum Gasteiger partial charge on any atom is 0.114 e. The molecule has 34 valence electrons. The van der Waals surface area contributed by atoms with Crippen molar-refractivity contribution in [3.8, 4) is 0 Å². The van der Waals surface area contributed by atoms with Crippen LogP contribution >= 0.6 is 0 Å². The molecule has 4 heteroatoms. The lowest BCUT2D eigenvalue weighted by molar-refractivity contribution is 0.630. The van der Waals surface area contributed by atoms with Gasteiger partial charge in [-0.3, -0.25) is 5.43 Å². The van der Waals surface area contributed by atoms with Crippen LogP contribution < -0.4 is 11.2 Å². The molecule has 0 amide bonds. The highest BCUT2D eigenvalue weighted by Gasteiger charge is 2.01. The second kappa shape index (κ2) is 1.22. The fourth-order valence-corrected chi connectivity index (χ4v) is 0.285. The zero-order valence-corrected chi connectivity index (χ0v) is 3.26. The SMILES string of the molecule is NC1CN=NN1. The molecule has 0 spiro atoms. The quantitative estimate of drug-likeness (QED) is 0.407. The van der Waals surface area contributed by atoms with E-state index in [0.29, 0.717) is 6.54 Å². The van der Waals surface area contributed by atoms with E-state index in [4.69, 9.17) is 5.73 Å². The summed E-state index contributed by atoms with van der Waals surface area (Å²) in [4.78, 5) is 0. The number of nitrogens with one attached hydrogen (secondary N) is 1. The van der Waals surface area contributed by atoms with Crippen molar-refractivity contribution in [1.82, 2.24) is 5.43 Å². The molecule has 0 aromatic carbocycles. The Morgan fingerprint density at radius 1 is 1.83 bits per heavy atom. The van der Waals surface area contributed by atoms with Crippen LogP contribution in [0.4, 0.5) is 0 Å². The van der Waals surface area contributed by atoms with Crippen LogP contribution in [0.25, 0.3) is 0 Å². The molecule has 1 atom stereocenters. The largest absolute Gasteiger partial charge is 0.309 e. The standard InChI is InChI=1S/C2H6N4/c3-2-1-4-6-5-2/h2H,1,3H2,(H,4,5). The molecule has 0 bridgehead atoms. The zero-order valence-electron chi connectivity index (χ0n) is 3.26. The van der Waals surface area contributed by atoms with Gasteiger partial charge >= 0.3 is 0 Å². The van der Waals surface area contributed by atoms with E-state index in [1.165, 1.54) is 0 Å². The van der Waals surface area contributed by atoms with E-state index in [2.05, 4.69) is 15.8 Å². The lowest BCUT2D eigenvalue weighted by Gasteiger charge is -1.92. The average molecular weight is 86.1 g/mol. The Morgan fingerprint density at radius 3 is 2.83 bits per heavy atom. The van der Waals surface area contributed by atoms with Crippen LogP contribution in [0.15, 0.2) is 10.3 Å². The molecule has 0 saturated heterocycles. The molecule has 1 aliphatic heterocycles. The van der Waals surface area contributed by atoms with Crippen molar-refractivity contribution in [2.24, 2.45) is 16.1 Å². The minimum atomic E-state index is -0.0370. The molecule has 0 saturated carbocycles. The van der Waals surface area contributed by atoms with Crippen molar-refractivity contribution in [2.45, 2.75) is 6.17 Å². The Morgan fingerprint density at radius 2 is 2.67 bits per heavy atom. The summed E-state index contributed by atoms with van der Waals surface area (Å²) in [5.74, 6) is 0. The first-order valence-corrected chi connectivity index (χ1v) is 1.77. The molecular formula is C2H6N4.